The third kappa shape index (κ3) is 2.75. The number of thioether (sulfide) groups is 1. The highest BCUT2D eigenvalue weighted by molar-refractivity contribution is 7.99. The van der Waals surface area contributed by atoms with Gasteiger partial charge in [0.25, 0.3) is 0 Å². The quantitative estimate of drug-likeness (QED) is 0.833. The Kier molecular flexibility index (Phi) is 3.94. The number of thiocarbonyl (C=S) groups is 1. The molecule has 0 aliphatic carbocycles. The standard InChI is InChI=1S/C13H18N2S2/c1-9-3-4-12(11(7-9)13(14)16)15-5-6-17-8-10(15)2/h3-4,7,10H,5-6,8H2,1-2H3,(H2,14,16). The van der Waals surface area contributed by atoms with Crippen molar-refractivity contribution < 1.29 is 0 Å². The van der Waals surface area contributed by atoms with E-state index in [2.05, 4.69) is 36.9 Å². The minimum Gasteiger partial charge on any atom is -0.389 e. The predicted molar refractivity (Wildman–Crippen MR) is 81.2 cm³/mol. The maximum absolute atomic E-state index is 5.84. The number of benzene rings is 1. The highest BCUT2D eigenvalue weighted by Crippen LogP contribution is 2.28. The second-order valence-electron chi connectivity index (χ2n) is 4.50. The Hall–Kier alpha value is -0.740. The van der Waals surface area contributed by atoms with Crippen LogP contribution in [0.4, 0.5) is 5.69 Å². The summed E-state index contributed by atoms with van der Waals surface area (Å²) in [5.41, 5.74) is 9.24. The lowest BCUT2D eigenvalue weighted by atomic mass is 10.1. The second-order valence-corrected chi connectivity index (χ2v) is 6.09. The van der Waals surface area contributed by atoms with Crippen LogP contribution in [0.1, 0.15) is 18.1 Å². The van der Waals surface area contributed by atoms with Crippen LogP contribution in [-0.4, -0.2) is 29.1 Å². The summed E-state index contributed by atoms with van der Waals surface area (Å²) in [5, 5.41) is 0. The van der Waals surface area contributed by atoms with E-state index in [9.17, 15) is 0 Å². The fourth-order valence-corrected chi connectivity index (χ4v) is 3.36. The highest BCUT2D eigenvalue weighted by Gasteiger charge is 2.21. The molecule has 2 rings (SSSR count). The number of aryl methyl sites for hydroxylation is 1. The lowest BCUT2D eigenvalue weighted by Gasteiger charge is -2.36. The van der Waals surface area contributed by atoms with Gasteiger partial charge in [0.2, 0.25) is 0 Å². The fourth-order valence-electron chi connectivity index (χ4n) is 2.18. The molecule has 1 atom stereocenters. The molecule has 2 nitrogen and oxygen atoms in total. The van der Waals surface area contributed by atoms with Gasteiger partial charge >= 0.3 is 0 Å². The first kappa shape index (κ1) is 12.7. The molecular weight excluding hydrogens is 248 g/mol. The van der Waals surface area contributed by atoms with E-state index in [1.54, 1.807) is 0 Å². The molecule has 92 valence electrons. The molecule has 1 aliphatic heterocycles. The predicted octanol–water partition coefficient (Wildman–Crippen LogP) is 2.57. The summed E-state index contributed by atoms with van der Waals surface area (Å²) in [7, 11) is 0. The lowest BCUT2D eigenvalue weighted by molar-refractivity contribution is 0.699. The topological polar surface area (TPSA) is 29.3 Å². The molecule has 1 fully saturated rings. The summed E-state index contributed by atoms with van der Waals surface area (Å²) in [6.07, 6.45) is 0. The number of nitrogens with zero attached hydrogens (tertiary/aromatic N) is 1. The molecule has 0 radical (unpaired) electrons. The van der Waals surface area contributed by atoms with Gasteiger partial charge in [-0.15, -0.1) is 0 Å². The van der Waals surface area contributed by atoms with Crippen molar-refractivity contribution in [1.82, 2.24) is 0 Å². The molecule has 2 N–H and O–H groups in total. The van der Waals surface area contributed by atoms with Crippen LogP contribution in [0.2, 0.25) is 0 Å². The Morgan fingerprint density at radius 1 is 1.53 bits per heavy atom. The number of hydrogen-bond donors (Lipinski definition) is 1. The van der Waals surface area contributed by atoms with Gasteiger partial charge < -0.3 is 10.6 Å². The second kappa shape index (κ2) is 5.27. The van der Waals surface area contributed by atoms with E-state index in [4.69, 9.17) is 18.0 Å². The van der Waals surface area contributed by atoms with Gasteiger partial charge in [0.05, 0.1) is 0 Å². The van der Waals surface area contributed by atoms with Crippen molar-refractivity contribution in [2.75, 3.05) is 23.0 Å². The Morgan fingerprint density at radius 3 is 2.94 bits per heavy atom. The molecule has 1 heterocycles. The molecule has 1 aromatic rings. The Labute approximate surface area is 113 Å². The van der Waals surface area contributed by atoms with Crippen molar-refractivity contribution in [3.63, 3.8) is 0 Å². The van der Waals surface area contributed by atoms with E-state index in [0.29, 0.717) is 11.0 Å². The van der Waals surface area contributed by atoms with E-state index in [-0.39, 0.29) is 0 Å². The largest absolute Gasteiger partial charge is 0.389 e. The van der Waals surface area contributed by atoms with Crippen LogP contribution < -0.4 is 10.6 Å². The van der Waals surface area contributed by atoms with Gasteiger partial charge in [0, 0.05) is 35.3 Å². The van der Waals surface area contributed by atoms with Gasteiger partial charge in [0.1, 0.15) is 4.99 Å². The van der Waals surface area contributed by atoms with E-state index in [1.807, 2.05) is 11.8 Å². The number of rotatable bonds is 2. The Morgan fingerprint density at radius 2 is 2.29 bits per heavy atom. The number of nitrogens with two attached hydrogens (primary N) is 1. The van der Waals surface area contributed by atoms with Gasteiger partial charge in [-0.3, -0.25) is 0 Å². The third-order valence-electron chi connectivity index (χ3n) is 3.09. The SMILES string of the molecule is Cc1ccc(N2CCSCC2C)c(C(N)=S)c1. The lowest BCUT2D eigenvalue weighted by Crippen LogP contribution is -2.41. The number of hydrogen-bond acceptors (Lipinski definition) is 3. The number of anilines is 1. The third-order valence-corrected chi connectivity index (χ3v) is 4.50. The van der Waals surface area contributed by atoms with Crippen LogP contribution in [0.25, 0.3) is 0 Å². The van der Waals surface area contributed by atoms with Gasteiger partial charge in [-0.05, 0) is 26.0 Å². The molecule has 0 amide bonds. The van der Waals surface area contributed by atoms with Gasteiger partial charge in [-0.1, -0.05) is 23.8 Å². The summed E-state index contributed by atoms with van der Waals surface area (Å²) in [5.74, 6) is 2.35. The average Bonchev–Trinajstić information content (AvgIpc) is 2.30. The van der Waals surface area contributed by atoms with Crippen LogP contribution in [0.5, 0.6) is 0 Å². The molecule has 1 saturated heterocycles. The van der Waals surface area contributed by atoms with Crippen molar-refractivity contribution in [2.24, 2.45) is 5.73 Å². The van der Waals surface area contributed by atoms with Crippen molar-refractivity contribution in [3.8, 4) is 0 Å². The zero-order valence-electron chi connectivity index (χ0n) is 10.3. The van der Waals surface area contributed by atoms with Crippen LogP contribution in [-0.2, 0) is 0 Å². The van der Waals surface area contributed by atoms with E-state index >= 15 is 0 Å². The molecule has 1 aromatic carbocycles. The van der Waals surface area contributed by atoms with Crippen LogP contribution in [0.3, 0.4) is 0 Å². The Balaban J connectivity index is 2.39. The summed E-state index contributed by atoms with van der Waals surface area (Å²) < 4.78 is 0. The normalized spacial score (nSPS) is 20.4. The Bertz CT molecular complexity index is 431. The molecule has 0 aromatic heterocycles. The van der Waals surface area contributed by atoms with Crippen LogP contribution >= 0.6 is 24.0 Å². The van der Waals surface area contributed by atoms with E-state index in [0.717, 1.165) is 12.1 Å². The first-order valence-corrected chi connectivity index (χ1v) is 7.40. The fraction of sp³-hybridized carbons (Fsp3) is 0.462. The highest BCUT2D eigenvalue weighted by atomic mass is 32.2. The summed E-state index contributed by atoms with van der Waals surface area (Å²) in [6.45, 7) is 5.40. The van der Waals surface area contributed by atoms with E-state index in [1.165, 1.54) is 22.8 Å². The zero-order chi connectivity index (χ0) is 12.4. The molecule has 0 saturated carbocycles. The van der Waals surface area contributed by atoms with Crippen molar-refractivity contribution in [1.29, 1.82) is 0 Å². The average molecular weight is 266 g/mol. The van der Waals surface area contributed by atoms with E-state index < -0.39 is 0 Å². The van der Waals surface area contributed by atoms with Crippen LogP contribution in [0.15, 0.2) is 18.2 Å². The molecule has 4 heteroatoms. The van der Waals surface area contributed by atoms with Crippen molar-refractivity contribution in [2.45, 2.75) is 19.9 Å². The van der Waals surface area contributed by atoms with Gasteiger partial charge in [-0.2, -0.15) is 11.8 Å². The minimum atomic E-state index is 0.495. The molecular formula is C13H18N2S2. The maximum atomic E-state index is 5.84. The molecule has 0 bridgehead atoms. The molecule has 0 spiro atoms. The minimum absolute atomic E-state index is 0.495. The maximum Gasteiger partial charge on any atom is 0.106 e. The molecule has 17 heavy (non-hydrogen) atoms. The van der Waals surface area contributed by atoms with Gasteiger partial charge in [-0.25, -0.2) is 0 Å². The zero-order valence-corrected chi connectivity index (χ0v) is 11.9. The first-order chi connectivity index (χ1) is 8.09. The first-order valence-electron chi connectivity index (χ1n) is 5.84. The van der Waals surface area contributed by atoms with Crippen molar-refractivity contribution >= 4 is 34.7 Å². The monoisotopic (exact) mass is 266 g/mol. The smallest absolute Gasteiger partial charge is 0.106 e. The summed E-state index contributed by atoms with van der Waals surface area (Å²) in [6, 6.07) is 6.91. The van der Waals surface area contributed by atoms with Crippen molar-refractivity contribution in [3.05, 3.63) is 29.3 Å². The summed E-state index contributed by atoms with van der Waals surface area (Å²) >= 11 is 7.18. The summed E-state index contributed by atoms with van der Waals surface area (Å²) in [4.78, 5) is 2.92. The van der Waals surface area contributed by atoms with Gasteiger partial charge in [0.15, 0.2) is 0 Å². The van der Waals surface area contributed by atoms with Crippen LogP contribution in [0, 0.1) is 6.92 Å². The molecule has 1 aliphatic rings. The molecule has 1 unspecified atom stereocenters.